The van der Waals surface area contributed by atoms with Gasteiger partial charge in [-0.2, -0.15) is 5.26 Å². The number of carbonyl (C=O) groups excluding carboxylic acids is 2. The largest absolute Gasteiger partial charge is 0.466 e. The van der Waals surface area contributed by atoms with Crippen LogP contribution in [0.15, 0.2) is 29.2 Å². The van der Waals surface area contributed by atoms with Gasteiger partial charge in [-0.05, 0) is 25.5 Å². The number of rotatable bonds is 8. The molecule has 21 heavy (non-hydrogen) atoms. The van der Waals surface area contributed by atoms with Gasteiger partial charge in [0.25, 0.3) is 5.91 Å². The highest BCUT2D eigenvalue weighted by Gasteiger charge is 2.11. The van der Waals surface area contributed by atoms with Gasteiger partial charge in [0.1, 0.15) is 0 Å². The predicted molar refractivity (Wildman–Crippen MR) is 81.0 cm³/mol. The summed E-state index contributed by atoms with van der Waals surface area (Å²) >= 11 is 1.33. The Kier molecular flexibility index (Phi) is 7.99. The van der Waals surface area contributed by atoms with E-state index in [0.717, 1.165) is 4.90 Å². The molecular formula is C15H18N2O3S. The molecule has 1 aromatic rings. The second kappa shape index (κ2) is 9.83. The van der Waals surface area contributed by atoms with Crippen molar-refractivity contribution in [3.8, 4) is 6.07 Å². The summed E-state index contributed by atoms with van der Waals surface area (Å²) in [6, 6.07) is 9.19. The molecule has 5 nitrogen and oxygen atoms in total. The fourth-order valence-electron chi connectivity index (χ4n) is 1.65. The maximum Gasteiger partial charge on any atom is 0.305 e. The molecule has 0 aliphatic carbocycles. The zero-order valence-electron chi connectivity index (χ0n) is 11.9. The summed E-state index contributed by atoms with van der Waals surface area (Å²) in [6.07, 6.45) is 0.830. The Morgan fingerprint density at radius 1 is 1.38 bits per heavy atom. The van der Waals surface area contributed by atoms with Crippen LogP contribution in [0.3, 0.4) is 0 Å². The van der Waals surface area contributed by atoms with Gasteiger partial charge in [-0.3, -0.25) is 9.59 Å². The number of nitrogens with one attached hydrogen (secondary N) is 1. The lowest BCUT2D eigenvalue weighted by Gasteiger charge is -2.08. The molecule has 0 bridgehead atoms. The van der Waals surface area contributed by atoms with Gasteiger partial charge in [-0.25, -0.2) is 0 Å². The van der Waals surface area contributed by atoms with Crippen molar-refractivity contribution in [2.24, 2.45) is 0 Å². The standard InChI is InChI=1S/C15H18N2O3S/c1-2-20-14(18)8-5-10-17-15(19)12-6-3-4-7-13(12)21-11-9-16/h3-4,6-7H,2,5,8,10-11H2,1H3,(H,17,19). The number of hydrogen-bond acceptors (Lipinski definition) is 5. The minimum Gasteiger partial charge on any atom is -0.466 e. The minimum absolute atomic E-state index is 0.195. The second-order valence-corrected chi connectivity index (χ2v) is 5.12. The van der Waals surface area contributed by atoms with Crippen LogP contribution in [-0.2, 0) is 9.53 Å². The van der Waals surface area contributed by atoms with Crippen molar-refractivity contribution >= 4 is 23.6 Å². The number of carbonyl (C=O) groups is 2. The Hall–Kier alpha value is -2.00. The molecule has 0 aliphatic rings. The highest BCUT2D eigenvalue weighted by atomic mass is 32.2. The van der Waals surface area contributed by atoms with E-state index in [9.17, 15) is 9.59 Å². The highest BCUT2D eigenvalue weighted by molar-refractivity contribution is 7.99. The molecule has 0 heterocycles. The maximum absolute atomic E-state index is 12.1. The van der Waals surface area contributed by atoms with E-state index >= 15 is 0 Å². The molecule has 0 aliphatic heterocycles. The highest BCUT2D eigenvalue weighted by Crippen LogP contribution is 2.22. The first-order chi connectivity index (χ1) is 10.2. The Morgan fingerprint density at radius 3 is 2.86 bits per heavy atom. The predicted octanol–water partition coefficient (Wildman–Crippen LogP) is 2.38. The van der Waals surface area contributed by atoms with E-state index in [1.54, 1.807) is 19.1 Å². The fourth-order valence-corrected chi connectivity index (χ4v) is 2.36. The van der Waals surface area contributed by atoms with E-state index in [2.05, 4.69) is 5.32 Å². The van der Waals surface area contributed by atoms with Crippen LogP contribution < -0.4 is 5.32 Å². The molecule has 0 saturated heterocycles. The average Bonchev–Trinajstić information content (AvgIpc) is 2.50. The summed E-state index contributed by atoms with van der Waals surface area (Å²) < 4.78 is 4.81. The molecule has 0 saturated carbocycles. The number of nitrogens with zero attached hydrogens (tertiary/aromatic N) is 1. The summed E-state index contributed by atoms with van der Waals surface area (Å²) in [4.78, 5) is 24.0. The van der Waals surface area contributed by atoms with E-state index in [0.29, 0.717) is 37.3 Å². The van der Waals surface area contributed by atoms with Crippen molar-refractivity contribution in [3.05, 3.63) is 29.8 Å². The SMILES string of the molecule is CCOC(=O)CCCNC(=O)c1ccccc1SCC#N. The third kappa shape index (κ3) is 6.32. The van der Waals surface area contributed by atoms with E-state index in [4.69, 9.17) is 10.00 Å². The molecule has 1 amide bonds. The smallest absolute Gasteiger partial charge is 0.305 e. The molecule has 1 N–H and O–H groups in total. The van der Waals surface area contributed by atoms with Gasteiger partial charge < -0.3 is 10.1 Å². The van der Waals surface area contributed by atoms with Gasteiger partial charge >= 0.3 is 5.97 Å². The van der Waals surface area contributed by atoms with Gasteiger partial charge in [0.2, 0.25) is 0 Å². The molecule has 1 aromatic carbocycles. The van der Waals surface area contributed by atoms with Crippen LogP contribution in [0.5, 0.6) is 0 Å². The van der Waals surface area contributed by atoms with E-state index < -0.39 is 0 Å². The molecule has 0 atom stereocenters. The molecule has 0 unspecified atom stereocenters. The van der Waals surface area contributed by atoms with E-state index in [-0.39, 0.29) is 11.9 Å². The zero-order chi connectivity index (χ0) is 15.5. The summed E-state index contributed by atoms with van der Waals surface area (Å²) in [7, 11) is 0. The number of ether oxygens (including phenoxy) is 1. The molecule has 0 radical (unpaired) electrons. The first-order valence-corrected chi connectivity index (χ1v) is 7.70. The first-order valence-electron chi connectivity index (χ1n) is 6.71. The van der Waals surface area contributed by atoms with Gasteiger partial charge in [0.05, 0.1) is 24.0 Å². The number of esters is 1. The minimum atomic E-state index is -0.253. The monoisotopic (exact) mass is 306 g/mol. The first kappa shape index (κ1) is 17.1. The third-order valence-corrected chi connectivity index (χ3v) is 3.51. The van der Waals surface area contributed by atoms with Crippen molar-refractivity contribution in [1.82, 2.24) is 5.32 Å². The molecule has 112 valence electrons. The Morgan fingerprint density at radius 2 is 2.14 bits per heavy atom. The third-order valence-electron chi connectivity index (χ3n) is 2.57. The van der Waals surface area contributed by atoms with E-state index in [1.807, 2.05) is 18.2 Å². The lowest BCUT2D eigenvalue weighted by atomic mass is 10.2. The van der Waals surface area contributed by atoms with Gasteiger partial charge in [0, 0.05) is 17.9 Å². The summed E-state index contributed by atoms with van der Waals surface area (Å²) in [5, 5.41) is 11.4. The summed E-state index contributed by atoms with van der Waals surface area (Å²) in [5.74, 6) is -0.149. The Bertz CT molecular complexity index is 526. The van der Waals surface area contributed by atoms with E-state index in [1.165, 1.54) is 11.8 Å². The molecule has 1 rings (SSSR count). The van der Waals surface area contributed by atoms with Crippen LogP contribution in [0.1, 0.15) is 30.1 Å². The number of thioether (sulfide) groups is 1. The van der Waals surface area contributed by atoms with Gasteiger partial charge in [-0.15, -0.1) is 11.8 Å². The number of hydrogen-bond donors (Lipinski definition) is 1. The molecule has 6 heteroatoms. The number of amides is 1. The van der Waals surface area contributed by atoms with Crippen molar-refractivity contribution in [3.63, 3.8) is 0 Å². The average molecular weight is 306 g/mol. The number of benzene rings is 1. The lowest BCUT2D eigenvalue weighted by molar-refractivity contribution is -0.143. The summed E-state index contributed by atoms with van der Waals surface area (Å²) in [6.45, 7) is 2.54. The van der Waals surface area contributed by atoms with Crippen LogP contribution >= 0.6 is 11.8 Å². The topological polar surface area (TPSA) is 79.2 Å². The fraction of sp³-hybridized carbons (Fsp3) is 0.400. The molecular weight excluding hydrogens is 288 g/mol. The van der Waals surface area contributed by atoms with Gasteiger partial charge in [-0.1, -0.05) is 12.1 Å². The molecule has 0 fully saturated rings. The second-order valence-electron chi connectivity index (χ2n) is 4.11. The molecule has 0 spiro atoms. The number of nitriles is 1. The Balaban J connectivity index is 2.45. The lowest BCUT2D eigenvalue weighted by Crippen LogP contribution is -2.25. The van der Waals surface area contributed by atoms with Crippen LogP contribution in [0.2, 0.25) is 0 Å². The van der Waals surface area contributed by atoms with Crippen LogP contribution in [0, 0.1) is 11.3 Å². The maximum atomic E-state index is 12.1. The normalized spacial score (nSPS) is 9.71. The van der Waals surface area contributed by atoms with Gasteiger partial charge in [0.15, 0.2) is 0 Å². The Labute approximate surface area is 128 Å². The quantitative estimate of drug-likeness (QED) is 0.453. The van der Waals surface area contributed by atoms with Crippen molar-refractivity contribution in [2.45, 2.75) is 24.7 Å². The zero-order valence-corrected chi connectivity index (χ0v) is 12.7. The van der Waals surface area contributed by atoms with Crippen LogP contribution in [0.25, 0.3) is 0 Å². The van der Waals surface area contributed by atoms with Crippen molar-refractivity contribution in [2.75, 3.05) is 18.9 Å². The molecule has 0 aromatic heterocycles. The van der Waals surface area contributed by atoms with Crippen molar-refractivity contribution < 1.29 is 14.3 Å². The van der Waals surface area contributed by atoms with Crippen molar-refractivity contribution in [1.29, 1.82) is 5.26 Å². The van der Waals surface area contributed by atoms with Crippen LogP contribution in [0.4, 0.5) is 0 Å². The summed E-state index contributed by atoms with van der Waals surface area (Å²) in [5.41, 5.74) is 0.550. The van der Waals surface area contributed by atoms with Crippen LogP contribution in [-0.4, -0.2) is 30.8 Å².